The maximum Gasteiger partial charge on any atom is 0.0599 e. The number of likely N-dealkylation sites (tertiary alicyclic amines) is 1. The van der Waals surface area contributed by atoms with Gasteiger partial charge in [0, 0.05) is 12.1 Å². The van der Waals surface area contributed by atoms with Gasteiger partial charge in [0.05, 0.1) is 8.07 Å². The molecule has 0 aromatic carbocycles. The fraction of sp³-hybridized carbons (Fsp3) is 1.00. The Bertz CT molecular complexity index is 165. The van der Waals surface area contributed by atoms with E-state index < -0.39 is 8.07 Å². The van der Waals surface area contributed by atoms with Crippen LogP contribution in [0.15, 0.2) is 0 Å². The normalized spacial score (nSPS) is 32.1. The van der Waals surface area contributed by atoms with Gasteiger partial charge in [0.25, 0.3) is 0 Å². The van der Waals surface area contributed by atoms with Crippen molar-refractivity contribution in [1.82, 2.24) is 4.90 Å². The largest absolute Gasteiger partial charge is 0.326 e. The van der Waals surface area contributed by atoms with Gasteiger partial charge in [0.15, 0.2) is 0 Å². The lowest BCUT2D eigenvalue weighted by atomic mass is 9.99. The van der Waals surface area contributed by atoms with Crippen LogP contribution in [0.5, 0.6) is 0 Å². The molecule has 0 bridgehead atoms. The number of rotatable bonds is 2. The summed E-state index contributed by atoms with van der Waals surface area (Å²) in [5.41, 5.74) is 6.06. The summed E-state index contributed by atoms with van der Waals surface area (Å²) in [6, 6.07) is 1.01. The summed E-state index contributed by atoms with van der Waals surface area (Å²) < 4.78 is 0. The molecule has 2 N–H and O–H groups in total. The van der Waals surface area contributed by atoms with E-state index in [-0.39, 0.29) is 0 Å². The zero-order valence-corrected chi connectivity index (χ0v) is 10.5. The molecule has 0 aliphatic carbocycles. The minimum atomic E-state index is -0.946. The van der Waals surface area contributed by atoms with Crippen molar-refractivity contribution in [2.45, 2.75) is 51.5 Å². The summed E-state index contributed by atoms with van der Waals surface area (Å²) in [6.45, 7) is 10.8. The van der Waals surface area contributed by atoms with Gasteiger partial charge < -0.3 is 10.6 Å². The Morgan fingerprint density at radius 3 is 2.54 bits per heavy atom. The predicted octanol–water partition coefficient (Wildman–Crippen LogP) is 1.68. The topological polar surface area (TPSA) is 29.3 Å². The molecule has 0 amide bonds. The van der Waals surface area contributed by atoms with Gasteiger partial charge in [-0.2, -0.15) is 0 Å². The third-order valence-electron chi connectivity index (χ3n) is 2.86. The highest BCUT2D eigenvalue weighted by molar-refractivity contribution is 6.76. The summed E-state index contributed by atoms with van der Waals surface area (Å²) in [5, 5.41) is 0. The van der Waals surface area contributed by atoms with Gasteiger partial charge in [-0.1, -0.05) is 19.6 Å². The number of hydrogen-bond donors (Lipinski definition) is 1. The summed E-state index contributed by atoms with van der Waals surface area (Å²) in [5.74, 6) is 0. The Morgan fingerprint density at radius 2 is 2.00 bits per heavy atom. The highest BCUT2D eigenvalue weighted by atomic mass is 28.3. The Morgan fingerprint density at radius 1 is 1.38 bits per heavy atom. The predicted molar refractivity (Wildman–Crippen MR) is 61.6 cm³/mol. The van der Waals surface area contributed by atoms with Crippen LogP contribution < -0.4 is 5.73 Å². The van der Waals surface area contributed by atoms with Crippen molar-refractivity contribution in [1.29, 1.82) is 0 Å². The van der Waals surface area contributed by atoms with E-state index in [2.05, 4.69) is 31.5 Å². The van der Waals surface area contributed by atoms with Crippen molar-refractivity contribution in [3.05, 3.63) is 0 Å². The van der Waals surface area contributed by atoms with Crippen LogP contribution in [0.1, 0.15) is 19.8 Å². The van der Waals surface area contributed by atoms with Gasteiger partial charge in [-0.05, 0) is 32.5 Å². The van der Waals surface area contributed by atoms with E-state index in [1.165, 1.54) is 25.6 Å². The van der Waals surface area contributed by atoms with Crippen molar-refractivity contribution in [3.63, 3.8) is 0 Å². The lowest BCUT2D eigenvalue weighted by Gasteiger charge is -2.40. The first-order valence-electron chi connectivity index (χ1n) is 5.40. The molecule has 2 unspecified atom stereocenters. The Labute approximate surface area is 83.5 Å². The summed E-state index contributed by atoms with van der Waals surface area (Å²) in [6.07, 6.45) is 3.81. The summed E-state index contributed by atoms with van der Waals surface area (Å²) in [4.78, 5) is 2.60. The van der Waals surface area contributed by atoms with Crippen LogP contribution in [0, 0.1) is 0 Å². The lowest BCUT2D eigenvalue weighted by Crippen LogP contribution is -2.54. The Hall–Kier alpha value is 0.137. The number of piperidine rings is 1. The fourth-order valence-corrected chi connectivity index (χ4v) is 3.74. The molecule has 0 spiro atoms. The van der Waals surface area contributed by atoms with Crippen molar-refractivity contribution in [3.8, 4) is 0 Å². The molecule has 1 fully saturated rings. The van der Waals surface area contributed by atoms with E-state index in [9.17, 15) is 0 Å². The Kier molecular flexibility index (Phi) is 3.55. The minimum Gasteiger partial charge on any atom is -0.326 e. The van der Waals surface area contributed by atoms with E-state index in [0.29, 0.717) is 12.1 Å². The SMILES string of the molecule is CC1C(N)CCCN1C[Si](C)(C)C. The van der Waals surface area contributed by atoms with Gasteiger partial charge in [-0.3, -0.25) is 0 Å². The maximum absolute atomic E-state index is 6.06. The Balaban J connectivity index is 2.49. The zero-order chi connectivity index (χ0) is 10.1. The number of nitrogens with zero attached hydrogens (tertiary/aromatic N) is 1. The molecule has 2 nitrogen and oxygen atoms in total. The van der Waals surface area contributed by atoms with Crippen molar-refractivity contribution < 1.29 is 0 Å². The molecule has 13 heavy (non-hydrogen) atoms. The average molecular weight is 200 g/mol. The second kappa shape index (κ2) is 4.11. The smallest absolute Gasteiger partial charge is 0.0599 e. The van der Waals surface area contributed by atoms with Crippen molar-refractivity contribution in [2.24, 2.45) is 5.73 Å². The van der Waals surface area contributed by atoms with Crippen LogP contribution in [-0.4, -0.2) is 37.8 Å². The quantitative estimate of drug-likeness (QED) is 0.687. The van der Waals surface area contributed by atoms with E-state index in [4.69, 9.17) is 5.73 Å². The van der Waals surface area contributed by atoms with Crippen LogP contribution in [0.4, 0.5) is 0 Å². The summed E-state index contributed by atoms with van der Waals surface area (Å²) >= 11 is 0. The molecular formula is C10H24N2Si. The maximum atomic E-state index is 6.06. The van der Waals surface area contributed by atoms with E-state index in [1.807, 2.05) is 0 Å². The van der Waals surface area contributed by atoms with Crippen LogP contribution in [0.25, 0.3) is 0 Å². The third kappa shape index (κ3) is 3.41. The first-order chi connectivity index (χ1) is 5.90. The lowest BCUT2D eigenvalue weighted by molar-refractivity contribution is 0.162. The third-order valence-corrected chi connectivity index (χ3v) is 4.21. The standard InChI is InChI=1S/C10H24N2Si/c1-9-10(11)6-5-7-12(9)8-13(2,3)4/h9-10H,5-8,11H2,1-4H3. The van der Waals surface area contributed by atoms with Gasteiger partial charge in [-0.15, -0.1) is 0 Å². The van der Waals surface area contributed by atoms with Crippen LogP contribution in [0.2, 0.25) is 19.6 Å². The first kappa shape index (κ1) is 11.2. The molecule has 1 saturated heterocycles. The second-order valence-corrected chi connectivity index (χ2v) is 11.0. The van der Waals surface area contributed by atoms with E-state index in [0.717, 1.165) is 0 Å². The van der Waals surface area contributed by atoms with Crippen LogP contribution in [-0.2, 0) is 0 Å². The molecule has 78 valence electrons. The zero-order valence-electron chi connectivity index (χ0n) is 9.51. The molecular weight excluding hydrogens is 176 g/mol. The molecule has 2 atom stereocenters. The van der Waals surface area contributed by atoms with Crippen LogP contribution >= 0.6 is 0 Å². The number of hydrogen-bond acceptors (Lipinski definition) is 2. The molecule has 1 aliphatic rings. The molecule has 3 heteroatoms. The van der Waals surface area contributed by atoms with Gasteiger partial charge in [-0.25, -0.2) is 0 Å². The number of nitrogens with two attached hydrogens (primary N) is 1. The molecule has 0 aromatic heterocycles. The molecule has 1 aliphatic heterocycles. The molecule has 1 heterocycles. The van der Waals surface area contributed by atoms with Crippen molar-refractivity contribution in [2.75, 3.05) is 12.7 Å². The van der Waals surface area contributed by atoms with Crippen molar-refractivity contribution >= 4 is 8.07 Å². The highest BCUT2D eigenvalue weighted by Crippen LogP contribution is 2.17. The first-order valence-corrected chi connectivity index (χ1v) is 9.10. The van der Waals surface area contributed by atoms with E-state index in [1.54, 1.807) is 0 Å². The van der Waals surface area contributed by atoms with Gasteiger partial charge in [0.1, 0.15) is 0 Å². The molecule has 0 saturated carbocycles. The van der Waals surface area contributed by atoms with E-state index >= 15 is 0 Å². The highest BCUT2D eigenvalue weighted by Gasteiger charge is 2.28. The van der Waals surface area contributed by atoms with Gasteiger partial charge in [0.2, 0.25) is 0 Å². The summed E-state index contributed by atoms with van der Waals surface area (Å²) in [7, 11) is -0.946. The average Bonchev–Trinajstić information content (AvgIpc) is 1.96. The molecule has 0 aromatic rings. The molecule has 0 radical (unpaired) electrons. The minimum absolute atomic E-state index is 0.408. The fourth-order valence-electron chi connectivity index (χ4n) is 2.08. The van der Waals surface area contributed by atoms with Gasteiger partial charge >= 0.3 is 0 Å². The second-order valence-electron chi connectivity index (χ2n) is 5.58. The molecule has 1 rings (SSSR count). The van der Waals surface area contributed by atoms with Crippen LogP contribution in [0.3, 0.4) is 0 Å². The monoisotopic (exact) mass is 200 g/mol.